The van der Waals surface area contributed by atoms with Gasteiger partial charge in [0.15, 0.2) is 6.61 Å². The molecule has 3 aromatic carbocycles. The van der Waals surface area contributed by atoms with Gasteiger partial charge in [0.1, 0.15) is 5.75 Å². The summed E-state index contributed by atoms with van der Waals surface area (Å²) in [5.41, 5.74) is 3.95. The van der Waals surface area contributed by atoms with E-state index < -0.39 is 22.5 Å². The second-order valence-electron chi connectivity index (χ2n) is 7.48. The molecule has 0 N–H and O–H groups in total. The number of amides is 1. The smallest absolute Gasteiger partial charge is 0.278 e. The van der Waals surface area contributed by atoms with Gasteiger partial charge in [-0.25, -0.2) is 8.42 Å². The first-order chi connectivity index (χ1) is 14.7. The minimum absolute atomic E-state index is 0.0559. The van der Waals surface area contributed by atoms with Crippen LogP contribution >= 0.6 is 0 Å². The lowest BCUT2D eigenvalue weighted by molar-refractivity contribution is -0.119. The third-order valence-electron chi connectivity index (χ3n) is 5.25. The summed E-state index contributed by atoms with van der Waals surface area (Å²) in [5.74, 6) is -0.127. The number of carbonyl (C=O) groups excluding carboxylic acids is 1. The van der Waals surface area contributed by atoms with E-state index in [4.69, 9.17) is 4.74 Å². The molecule has 1 amide bonds. The first-order valence-electron chi connectivity index (χ1n) is 10.2. The molecule has 5 nitrogen and oxygen atoms in total. The summed E-state index contributed by atoms with van der Waals surface area (Å²) in [5, 5.41) is 0. The van der Waals surface area contributed by atoms with Gasteiger partial charge in [-0.2, -0.15) is 4.31 Å². The first-order valence-corrected chi connectivity index (χ1v) is 11.6. The van der Waals surface area contributed by atoms with Gasteiger partial charge in [-0.05, 0) is 74.2 Å². The van der Waals surface area contributed by atoms with Gasteiger partial charge in [-0.1, -0.05) is 48.9 Å². The van der Waals surface area contributed by atoms with Crippen LogP contribution in [-0.4, -0.2) is 20.9 Å². The Balaban J connectivity index is 2.00. The highest BCUT2D eigenvalue weighted by molar-refractivity contribution is 7.93. The van der Waals surface area contributed by atoms with Crippen molar-refractivity contribution in [2.45, 2.75) is 39.0 Å². The summed E-state index contributed by atoms with van der Waals surface area (Å²) < 4.78 is 33.6. The van der Waals surface area contributed by atoms with Gasteiger partial charge >= 0.3 is 0 Å². The van der Waals surface area contributed by atoms with Crippen LogP contribution in [0.1, 0.15) is 29.2 Å². The van der Waals surface area contributed by atoms with E-state index in [1.165, 1.54) is 12.1 Å². The minimum Gasteiger partial charge on any atom is -0.484 e. The fraction of sp³-hybridized carbons (Fsp3) is 0.240. The second-order valence-corrected chi connectivity index (χ2v) is 9.27. The van der Waals surface area contributed by atoms with Crippen LogP contribution in [0.2, 0.25) is 0 Å². The fourth-order valence-corrected chi connectivity index (χ4v) is 4.70. The van der Waals surface area contributed by atoms with Crippen molar-refractivity contribution in [1.29, 1.82) is 0 Å². The molecule has 0 aromatic heterocycles. The lowest BCUT2D eigenvalue weighted by Gasteiger charge is -2.25. The molecule has 0 bridgehead atoms. The van der Waals surface area contributed by atoms with Gasteiger partial charge in [0.2, 0.25) is 0 Å². The number of carbonyl (C=O) groups is 1. The zero-order valence-corrected chi connectivity index (χ0v) is 19.1. The van der Waals surface area contributed by atoms with E-state index in [0.29, 0.717) is 11.4 Å². The molecule has 0 radical (unpaired) electrons. The van der Waals surface area contributed by atoms with E-state index in [0.717, 1.165) is 33.0 Å². The molecule has 3 rings (SSSR count). The SMILES string of the molecule is CCc1cccc(OCC(=O)N(c2cccc(C)c2C)S(=O)(=O)c2ccc(C)cc2)c1. The molecule has 0 saturated heterocycles. The average molecular weight is 438 g/mol. The van der Waals surface area contributed by atoms with Crippen molar-refractivity contribution in [3.05, 3.63) is 89.0 Å². The van der Waals surface area contributed by atoms with Gasteiger partial charge < -0.3 is 4.74 Å². The number of benzene rings is 3. The Morgan fingerprint density at radius 3 is 2.29 bits per heavy atom. The summed E-state index contributed by atoms with van der Waals surface area (Å²) >= 11 is 0. The number of ether oxygens (including phenoxy) is 1. The number of hydrogen-bond donors (Lipinski definition) is 0. The molecular formula is C25H27NO4S. The van der Waals surface area contributed by atoms with Crippen molar-refractivity contribution >= 4 is 21.6 Å². The van der Waals surface area contributed by atoms with Crippen molar-refractivity contribution in [3.63, 3.8) is 0 Å². The first kappa shape index (κ1) is 22.6. The maximum Gasteiger partial charge on any atom is 0.278 e. The second kappa shape index (κ2) is 9.35. The molecule has 0 unspecified atom stereocenters. The van der Waals surface area contributed by atoms with Crippen LogP contribution in [0, 0.1) is 20.8 Å². The summed E-state index contributed by atoms with van der Waals surface area (Å²) in [6, 6.07) is 19.2. The number of hydrogen-bond acceptors (Lipinski definition) is 4. The largest absolute Gasteiger partial charge is 0.484 e. The monoisotopic (exact) mass is 437 g/mol. The molecule has 3 aromatic rings. The normalized spacial score (nSPS) is 11.2. The molecule has 0 aliphatic carbocycles. The van der Waals surface area contributed by atoms with Gasteiger partial charge in [0.05, 0.1) is 10.6 Å². The van der Waals surface area contributed by atoms with Crippen molar-refractivity contribution in [2.24, 2.45) is 0 Å². The van der Waals surface area contributed by atoms with Crippen molar-refractivity contribution in [1.82, 2.24) is 0 Å². The predicted octanol–water partition coefficient (Wildman–Crippen LogP) is 4.98. The Hall–Kier alpha value is -3.12. The summed E-state index contributed by atoms with van der Waals surface area (Å²) in [7, 11) is -4.12. The Morgan fingerprint density at radius 1 is 0.935 bits per heavy atom. The Bertz CT molecular complexity index is 1180. The number of rotatable bonds is 7. The number of nitrogens with zero attached hydrogens (tertiary/aromatic N) is 1. The topological polar surface area (TPSA) is 63.7 Å². The molecule has 0 fully saturated rings. The average Bonchev–Trinajstić information content (AvgIpc) is 2.75. The number of anilines is 1. The van der Waals surface area contributed by atoms with E-state index in [-0.39, 0.29) is 4.90 Å². The van der Waals surface area contributed by atoms with Crippen molar-refractivity contribution in [3.8, 4) is 5.75 Å². The molecule has 162 valence electrons. The lowest BCUT2D eigenvalue weighted by atomic mass is 10.1. The van der Waals surface area contributed by atoms with Crippen LogP contribution in [0.25, 0.3) is 0 Å². The minimum atomic E-state index is -4.12. The third kappa shape index (κ3) is 4.97. The van der Waals surface area contributed by atoms with Crippen LogP contribution in [0.3, 0.4) is 0 Å². The molecule has 0 atom stereocenters. The maximum atomic E-state index is 13.5. The van der Waals surface area contributed by atoms with Crippen LogP contribution < -0.4 is 9.04 Å². The quantitative estimate of drug-likeness (QED) is 0.523. The third-order valence-corrected chi connectivity index (χ3v) is 7.00. The van der Waals surface area contributed by atoms with Crippen molar-refractivity contribution < 1.29 is 17.9 Å². The van der Waals surface area contributed by atoms with Gasteiger partial charge in [-0.3, -0.25) is 4.79 Å². The molecular weight excluding hydrogens is 410 g/mol. The highest BCUT2D eigenvalue weighted by Crippen LogP contribution is 2.29. The highest BCUT2D eigenvalue weighted by atomic mass is 32.2. The standard InChI is InChI=1S/C25H27NO4S/c1-5-21-9-7-10-22(16-21)30-17-25(27)26(24-11-6-8-19(3)20(24)4)31(28,29)23-14-12-18(2)13-15-23/h6-16H,5,17H2,1-4H3. The van der Waals surface area contributed by atoms with Crippen LogP contribution in [-0.2, 0) is 21.2 Å². The van der Waals surface area contributed by atoms with Crippen molar-refractivity contribution in [2.75, 3.05) is 10.9 Å². The molecule has 0 aliphatic rings. The number of sulfonamides is 1. The fourth-order valence-electron chi connectivity index (χ4n) is 3.23. The van der Waals surface area contributed by atoms with Crippen LogP contribution in [0.4, 0.5) is 5.69 Å². The lowest BCUT2D eigenvalue weighted by Crippen LogP contribution is -2.40. The van der Waals surface area contributed by atoms with Crippen LogP contribution in [0.15, 0.2) is 71.6 Å². The van der Waals surface area contributed by atoms with Gasteiger partial charge in [0, 0.05) is 0 Å². The zero-order chi connectivity index (χ0) is 22.6. The Kier molecular flexibility index (Phi) is 6.81. The summed E-state index contributed by atoms with van der Waals surface area (Å²) in [4.78, 5) is 13.3. The van der Waals surface area contributed by atoms with E-state index in [1.807, 2.05) is 45.0 Å². The van der Waals surface area contributed by atoms with Crippen LogP contribution in [0.5, 0.6) is 5.75 Å². The molecule has 0 saturated carbocycles. The summed E-state index contributed by atoms with van der Waals surface area (Å²) in [6.07, 6.45) is 0.835. The molecule has 0 heterocycles. The molecule has 31 heavy (non-hydrogen) atoms. The van der Waals surface area contributed by atoms with E-state index in [2.05, 4.69) is 0 Å². The predicted molar refractivity (Wildman–Crippen MR) is 123 cm³/mol. The molecule has 0 aliphatic heterocycles. The zero-order valence-electron chi connectivity index (χ0n) is 18.3. The summed E-state index contributed by atoms with van der Waals surface area (Å²) in [6.45, 7) is 7.20. The molecule has 6 heteroatoms. The number of aryl methyl sites for hydroxylation is 3. The van der Waals surface area contributed by atoms with Gasteiger partial charge in [-0.15, -0.1) is 0 Å². The molecule has 0 spiro atoms. The highest BCUT2D eigenvalue weighted by Gasteiger charge is 2.32. The van der Waals surface area contributed by atoms with E-state index in [1.54, 1.807) is 37.3 Å². The Morgan fingerprint density at radius 2 is 1.61 bits per heavy atom. The van der Waals surface area contributed by atoms with E-state index >= 15 is 0 Å². The maximum absolute atomic E-state index is 13.5. The van der Waals surface area contributed by atoms with E-state index in [9.17, 15) is 13.2 Å². The van der Waals surface area contributed by atoms with Gasteiger partial charge in [0.25, 0.3) is 15.9 Å². The Labute approximate surface area is 184 Å².